The highest BCUT2D eigenvalue weighted by Crippen LogP contribution is 2.36. The first-order valence-electron chi connectivity index (χ1n) is 10.1. The molecule has 4 rings (SSSR count). The van der Waals surface area contributed by atoms with Gasteiger partial charge in [-0.2, -0.15) is 0 Å². The molecule has 7 nitrogen and oxygen atoms in total. The molecule has 0 aromatic heterocycles. The highest BCUT2D eigenvalue weighted by atomic mass is 32.2. The van der Waals surface area contributed by atoms with Gasteiger partial charge in [0.1, 0.15) is 0 Å². The van der Waals surface area contributed by atoms with Crippen LogP contribution in [0, 0.1) is 6.92 Å². The molecular formula is C24H22N4O3S. The number of benzene rings is 3. The molecule has 4 amide bonds. The Bertz CT molecular complexity index is 1170. The van der Waals surface area contributed by atoms with Crippen LogP contribution in [0.3, 0.4) is 0 Å². The molecule has 3 aromatic carbocycles. The third-order valence-electron chi connectivity index (χ3n) is 4.88. The van der Waals surface area contributed by atoms with Gasteiger partial charge in [0.05, 0.1) is 10.9 Å². The summed E-state index contributed by atoms with van der Waals surface area (Å²) in [5.41, 5.74) is 3.41. The summed E-state index contributed by atoms with van der Waals surface area (Å²) in [4.78, 5) is 38.2. The van der Waals surface area contributed by atoms with Gasteiger partial charge < -0.3 is 21.3 Å². The fraction of sp³-hybridized carbons (Fsp3) is 0.125. The molecule has 0 aliphatic carbocycles. The summed E-state index contributed by atoms with van der Waals surface area (Å²) >= 11 is 1.38. The fourth-order valence-corrected chi connectivity index (χ4v) is 4.36. The fourth-order valence-electron chi connectivity index (χ4n) is 3.25. The molecule has 3 aromatic rings. The molecule has 0 radical (unpaired) electrons. The molecule has 0 bridgehead atoms. The Morgan fingerprint density at radius 1 is 0.906 bits per heavy atom. The van der Waals surface area contributed by atoms with Gasteiger partial charge in [-0.25, -0.2) is 4.79 Å². The average Bonchev–Trinajstić information content (AvgIpc) is 2.77. The molecule has 1 atom stereocenters. The van der Waals surface area contributed by atoms with E-state index in [1.54, 1.807) is 24.3 Å². The van der Waals surface area contributed by atoms with Crippen molar-refractivity contribution in [2.45, 2.75) is 23.5 Å². The molecule has 32 heavy (non-hydrogen) atoms. The molecule has 8 heteroatoms. The van der Waals surface area contributed by atoms with Crippen molar-refractivity contribution in [3.63, 3.8) is 0 Å². The van der Waals surface area contributed by atoms with E-state index >= 15 is 0 Å². The number of anilines is 4. The second kappa shape index (κ2) is 9.57. The summed E-state index contributed by atoms with van der Waals surface area (Å²) in [5, 5.41) is 10.7. The Balaban J connectivity index is 1.38. The largest absolute Gasteiger partial charge is 0.326 e. The molecule has 1 aliphatic rings. The second-order valence-electron chi connectivity index (χ2n) is 7.32. The van der Waals surface area contributed by atoms with E-state index in [9.17, 15) is 14.4 Å². The number of fused-ring (bicyclic) bond motifs is 1. The summed E-state index contributed by atoms with van der Waals surface area (Å²) in [6, 6.07) is 21.5. The Morgan fingerprint density at radius 3 is 2.44 bits per heavy atom. The normalized spacial score (nSPS) is 14.7. The highest BCUT2D eigenvalue weighted by molar-refractivity contribution is 8.01. The molecule has 162 valence electrons. The maximum Gasteiger partial charge on any atom is 0.323 e. The predicted octanol–water partition coefficient (Wildman–Crippen LogP) is 5.08. The van der Waals surface area contributed by atoms with Crippen LogP contribution in [0.2, 0.25) is 0 Å². The van der Waals surface area contributed by atoms with E-state index in [2.05, 4.69) is 21.3 Å². The van der Waals surface area contributed by atoms with Gasteiger partial charge in [0.2, 0.25) is 11.8 Å². The Morgan fingerprint density at radius 2 is 1.62 bits per heavy atom. The highest BCUT2D eigenvalue weighted by Gasteiger charge is 2.28. The van der Waals surface area contributed by atoms with E-state index < -0.39 is 5.25 Å². The standard InChI is InChI=1S/C24H22N4O3S/c1-15-11-12-17(26-24(31)25-16-7-3-2-4-8-16)13-19(15)27-22(29)14-21-23(30)28-18-9-5-6-10-20(18)32-21/h2-13,21H,14H2,1H3,(H,27,29)(H,28,30)(H2,25,26,31). The SMILES string of the molecule is Cc1ccc(NC(=O)Nc2ccccc2)cc1NC(=O)CC1Sc2ccccc2NC1=O. The summed E-state index contributed by atoms with van der Waals surface area (Å²) in [6.45, 7) is 1.86. The Labute approximate surface area is 190 Å². The summed E-state index contributed by atoms with van der Waals surface area (Å²) in [5.74, 6) is -0.459. The van der Waals surface area contributed by atoms with E-state index in [-0.39, 0.29) is 24.3 Å². The van der Waals surface area contributed by atoms with Gasteiger partial charge in [0, 0.05) is 28.4 Å². The lowest BCUT2D eigenvalue weighted by Gasteiger charge is -2.23. The maximum absolute atomic E-state index is 12.7. The zero-order valence-corrected chi connectivity index (χ0v) is 18.2. The van der Waals surface area contributed by atoms with Crippen LogP contribution in [-0.4, -0.2) is 23.1 Å². The van der Waals surface area contributed by atoms with Crippen molar-refractivity contribution in [1.29, 1.82) is 0 Å². The van der Waals surface area contributed by atoms with Crippen LogP contribution in [0.1, 0.15) is 12.0 Å². The number of nitrogens with one attached hydrogen (secondary N) is 4. The van der Waals surface area contributed by atoms with Crippen LogP contribution in [0.15, 0.2) is 77.7 Å². The first-order valence-corrected chi connectivity index (χ1v) is 11.0. The van der Waals surface area contributed by atoms with Crippen molar-refractivity contribution in [2.75, 3.05) is 21.3 Å². The van der Waals surface area contributed by atoms with Gasteiger partial charge >= 0.3 is 6.03 Å². The van der Waals surface area contributed by atoms with Crippen molar-refractivity contribution in [3.8, 4) is 0 Å². The third-order valence-corrected chi connectivity index (χ3v) is 6.15. The quantitative estimate of drug-likeness (QED) is 0.439. The average molecular weight is 447 g/mol. The molecule has 1 aliphatic heterocycles. The van der Waals surface area contributed by atoms with E-state index in [0.717, 1.165) is 16.1 Å². The van der Waals surface area contributed by atoms with E-state index in [4.69, 9.17) is 0 Å². The molecule has 4 N–H and O–H groups in total. The number of hydrogen-bond acceptors (Lipinski definition) is 4. The third kappa shape index (κ3) is 5.28. The summed E-state index contributed by atoms with van der Waals surface area (Å²) in [6.07, 6.45) is 0.0381. The summed E-state index contributed by atoms with van der Waals surface area (Å²) in [7, 11) is 0. The van der Waals surface area contributed by atoms with Gasteiger partial charge in [-0.15, -0.1) is 11.8 Å². The van der Waals surface area contributed by atoms with Crippen LogP contribution in [0.4, 0.5) is 27.5 Å². The number of hydrogen-bond donors (Lipinski definition) is 4. The van der Waals surface area contributed by atoms with Crippen LogP contribution in [0.25, 0.3) is 0 Å². The van der Waals surface area contributed by atoms with Crippen molar-refractivity contribution in [1.82, 2.24) is 0 Å². The number of urea groups is 1. The number of rotatable bonds is 5. The lowest BCUT2D eigenvalue weighted by molar-refractivity contribution is -0.120. The van der Waals surface area contributed by atoms with E-state index in [0.29, 0.717) is 17.1 Å². The summed E-state index contributed by atoms with van der Waals surface area (Å²) < 4.78 is 0. The minimum absolute atomic E-state index is 0.0381. The topological polar surface area (TPSA) is 99.3 Å². The van der Waals surface area contributed by atoms with Crippen LogP contribution >= 0.6 is 11.8 Å². The zero-order valence-electron chi connectivity index (χ0n) is 17.3. The number of amides is 4. The minimum atomic E-state index is -0.511. The van der Waals surface area contributed by atoms with Crippen molar-refractivity contribution < 1.29 is 14.4 Å². The van der Waals surface area contributed by atoms with Gasteiger partial charge in [-0.05, 0) is 48.9 Å². The number of thioether (sulfide) groups is 1. The minimum Gasteiger partial charge on any atom is -0.326 e. The lowest BCUT2D eigenvalue weighted by Crippen LogP contribution is -2.32. The van der Waals surface area contributed by atoms with Crippen LogP contribution in [-0.2, 0) is 9.59 Å². The molecule has 0 spiro atoms. The van der Waals surface area contributed by atoms with Crippen molar-refractivity contribution in [2.24, 2.45) is 0 Å². The number of para-hydroxylation sites is 2. The molecular weight excluding hydrogens is 424 g/mol. The van der Waals surface area contributed by atoms with Gasteiger partial charge in [-0.1, -0.05) is 36.4 Å². The van der Waals surface area contributed by atoms with Crippen LogP contribution < -0.4 is 21.3 Å². The Hall–Kier alpha value is -3.78. The molecule has 0 saturated heterocycles. The van der Waals surface area contributed by atoms with Crippen molar-refractivity contribution >= 4 is 52.4 Å². The monoisotopic (exact) mass is 446 g/mol. The van der Waals surface area contributed by atoms with Gasteiger partial charge in [0.15, 0.2) is 0 Å². The number of carbonyl (C=O) groups is 3. The van der Waals surface area contributed by atoms with Crippen LogP contribution in [0.5, 0.6) is 0 Å². The molecule has 1 heterocycles. The predicted molar refractivity (Wildman–Crippen MR) is 128 cm³/mol. The van der Waals surface area contributed by atoms with E-state index in [1.165, 1.54) is 11.8 Å². The number of aryl methyl sites for hydroxylation is 1. The Kier molecular flexibility index (Phi) is 6.42. The molecule has 0 saturated carbocycles. The second-order valence-corrected chi connectivity index (χ2v) is 8.56. The van der Waals surface area contributed by atoms with Gasteiger partial charge in [-0.3, -0.25) is 9.59 Å². The van der Waals surface area contributed by atoms with Gasteiger partial charge in [0.25, 0.3) is 0 Å². The van der Waals surface area contributed by atoms with Crippen molar-refractivity contribution in [3.05, 3.63) is 78.4 Å². The zero-order chi connectivity index (χ0) is 22.5. The van der Waals surface area contributed by atoms with E-state index in [1.807, 2.05) is 55.5 Å². The maximum atomic E-state index is 12.7. The first kappa shape index (κ1) is 21.5. The smallest absolute Gasteiger partial charge is 0.323 e. The number of carbonyl (C=O) groups excluding carboxylic acids is 3. The molecule has 0 fully saturated rings. The lowest BCUT2D eigenvalue weighted by atomic mass is 10.1. The molecule has 1 unspecified atom stereocenters. The first-order chi connectivity index (χ1) is 15.5.